The number of H-pyrrole nitrogens is 1. The quantitative estimate of drug-likeness (QED) is 0.560. The third-order valence-corrected chi connectivity index (χ3v) is 4.36. The number of benzene rings is 1. The van der Waals surface area contributed by atoms with Gasteiger partial charge < -0.3 is 5.32 Å². The highest BCUT2D eigenvalue weighted by molar-refractivity contribution is 5.99. The molecule has 1 amide bonds. The van der Waals surface area contributed by atoms with Crippen LogP contribution in [-0.2, 0) is 6.54 Å². The van der Waals surface area contributed by atoms with Gasteiger partial charge in [-0.25, -0.2) is 14.4 Å². The number of hydrogen-bond donors (Lipinski definition) is 2. The zero-order chi connectivity index (χ0) is 19.5. The van der Waals surface area contributed by atoms with Crippen LogP contribution in [0.1, 0.15) is 21.7 Å². The van der Waals surface area contributed by atoms with Crippen LogP contribution < -0.4 is 5.32 Å². The molecule has 0 atom stereocenters. The highest BCUT2D eigenvalue weighted by atomic mass is 19.1. The number of amides is 1. The molecule has 4 rings (SSSR count). The molecule has 28 heavy (non-hydrogen) atoms. The Labute approximate surface area is 160 Å². The monoisotopic (exact) mass is 376 g/mol. The van der Waals surface area contributed by atoms with E-state index in [1.165, 1.54) is 12.3 Å². The maximum atomic E-state index is 14.0. The van der Waals surface area contributed by atoms with Gasteiger partial charge in [0.15, 0.2) is 0 Å². The highest BCUT2D eigenvalue weighted by Crippen LogP contribution is 2.23. The van der Waals surface area contributed by atoms with Crippen LogP contribution in [0.4, 0.5) is 4.39 Å². The summed E-state index contributed by atoms with van der Waals surface area (Å²) in [4.78, 5) is 21.1. The molecule has 0 aliphatic rings. The molecule has 3 aromatic heterocycles. The summed E-state index contributed by atoms with van der Waals surface area (Å²) in [6.07, 6.45) is 6.63. The average molecular weight is 376 g/mol. The van der Waals surface area contributed by atoms with Crippen LogP contribution in [-0.4, -0.2) is 30.6 Å². The van der Waals surface area contributed by atoms with Crippen molar-refractivity contribution in [3.05, 3.63) is 84.0 Å². The number of carbonyl (C=O) groups is 1. The number of carbonyl (C=O) groups excluding carboxylic acids is 1. The van der Waals surface area contributed by atoms with Crippen molar-refractivity contribution in [1.82, 2.24) is 30.0 Å². The molecule has 0 aliphatic carbocycles. The Balaban J connectivity index is 1.47. The lowest BCUT2D eigenvalue weighted by Crippen LogP contribution is -2.23. The third-order valence-electron chi connectivity index (χ3n) is 4.36. The number of pyridine rings is 1. The van der Waals surface area contributed by atoms with E-state index in [1.807, 2.05) is 29.8 Å². The number of nitrogens with zero attached hydrogens (tertiary/aromatic N) is 4. The summed E-state index contributed by atoms with van der Waals surface area (Å²) in [7, 11) is 0. The van der Waals surface area contributed by atoms with E-state index in [2.05, 4.69) is 25.5 Å². The van der Waals surface area contributed by atoms with Gasteiger partial charge in [-0.2, -0.15) is 5.10 Å². The first-order valence-electron chi connectivity index (χ1n) is 8.65. The molecule has 1 aromatic carbocycles. The minimum atomic E-state index is -0.421. The van der Waals surface area contributed by atoms with Crippen molar-refractivity contribution in [3.63, 3.8) is 0 Å². The van der Waals surface area contributed by atoms with E-state index in [4.69, 9.17) is 0 Å². The zero-order valence-electron chi connectivity index (χ0n) is 15.1. The Morgan fingerprint density at radius 1 is 1.18 bits per heavy atom. The van der Waals surface area contributed by atoms with Gasteiger partial charge in [-0.3, -0.25) is 14.5 Å². The summed E-state index contributed by atoms with van der Waals surface area (Å²) in [6.45, 7) is 2.19. The SMILES string of the molecule is Cc1nccn1-c1ccc(CNC(=O)c2cn[nH]c2-c2ccccc2F)cn1. The molecule has 0 bridgehead atoms. The first-order chi connectivity index (χ1) is 13.6. The van der Waals surface area contributed by atoms with Crippen molar-refractivity contribution in [2.75, 3.05) is 0 Å². The van der Waals surface area contributed by atoms with Gasteiger partial charge in [0.1, 0.15) is 17.5 Å². The van der Waals surface area contributed by atoms with E-state index in [0.717, 1.165) is 17.2 Å². The standard InChI is InChI=1S/C20H17FN6O/c1-13-22-8-9-27(13)18-7-6-14(10-23-18)11-24-20(28)16-12-25-26-19(16)15-4-2-3-5-17(15)21/h2-10,12H,11H2,1H3,(H,24,28)(H,25,26). The summed E-state index contributed by atoms with van der Waals surface area (Å²) < 4.78 is 15.9. The fraction of sp³-hybridized carbons (Fsp3) is 0.100. The predicted molar refractivity (Wildman–Crippen MR) is 101 cm³/mol. The van der Waals surface area contributed by atoms with Crippen molar-refractivity contribution < 1.29 is 9.18 Å². The summed E-state index contributed by atoms with van der Waals surface area (Å²) in [5.41, 5.74) is 1.76. The molecule has 0 aliphatic heterocycles. The average Bonchev–Trinajstić information content (AvgIpc) is 3.36. The van der Waals surface area contributed by atoms with Gasteiger partial charge in [0.05, 0.1) is 17.5 Å². The lowest BCUT2D eigenvalue weighted by atomic mass is 10.1. The first-order valence-corrected chi connectivity index (χ1v) is 8.65. The van der Waals surface area contributed by atoms with Crippen LogP contribution in [0.5, 0.6) is 0 Å². The first kappa shape index (κ1) is 17.6. The summed E-state index contributed by atoms with van der Waals surface area (Å²) >= 11 is 0. The van der Waals surface area contributed by atoms with E-state index >= 15 is 0 Å². The highest BCUT2D eigenvalue weighted by Gasteiger charge is 2.17. The molecule has 0 saturated carbocycles. The Morgan fingerprint density at radius 3 is 2.75 bits per heavy atom. The second-order valence-corrected chi connectivity index (χ2v) is 6.19. The van der Waals surface area contributed by atoms with Crippen LogP contribution in [0.3, 0.4) is 0 Å². The maximum Gasteiger partial charge on any atom is 0.255 e. The van der Waals surface area contributed by atoms with E-state index in [9.17, 15) is 9.18 Å². The zero-order valence-corrected chi connectivity index (χ0v) is 15.1. The Hall–Kier alpha value is -3.81. The maximum absolute atomic E-state index is 14.0. The number of hydrogen-bond acceptors (Lipinski definition) is 4. The molecule has 0 radical (unpaired) electrons. The van der Waals surface area contributed by atoms with Crippen LogP contribution >= 0.6 is 0 Å². The minimum Gasteiger partial charge on any atom is -0.348 e. The third kappa shape index (κ3) is 3.39. The van der Waals surface area contributed by atoms with Gasteiger partial charge >= 0.3 is 0 Å². The molecular formula is C20H17FN6O. The Morgan fingerprint density at radius 2 is 2.04 bits per heavy atom. The number of aryl methyl sites for hydroxylation is 1. The van der Waals surface area contributed by atoms with Gasteiger partial charge in [0.25, 0.3) is 5.91 Å². The van der Waals surface area contributed by atoms with Gasteiger partial charge in [-0.05, 0) is 30.7 Å². The van der Waals surface area contributed by atoms with Gasteiger partial charge in [0.2, 0.25) is 0 Å². The minimum absolute atomic E-state index is 0.281. The van der Waals surface area contributed by atoms with Crippen molar-refractivity contribution in [2.24, 2.45) is 0 Å². The van der Waals surface area contributed by atoms with Crippen molar-refractivity contribution in [2.45, 2.75) is 13.5 Å². The lowest BCUT2D eigenvalue weighted by molar-refractivity contribution is 0.0951. The second kappa shape index (κ2) is 7.43. The smallest absolute Gasteiger partial charge is 0.255 e. The molecule has 0 fully saturated rings. The van der Waals surface area contributed by atoms with Gasteiger partial charge in [-0.1, -0.05) is 18.2 Å². The largest absolute Gasteiger partial charge is 0.348 e. The number of rotatable bonds is 5. The summed E-state index contributed by atoms with van der Waals surface area (Å²) in [5, 5.41) is 9.41. The van der Waals surface area contributed by atoms with Crippen LogP contribution in [0.25, 0.3) is 17.1 Å². The van der Waals surface area contributed by atoms with E-state index < -0.39 is 5.82 Å². The van der Waals surface area contributed by atoms with E-state index in [-0.39, 0.29) is 18.0 Å². The van der Waals surface area contributed by atoms with E-state index in [0.29, 0.717) is 11.3 Å². The fourth-order valence-corrected chi connectivity index (χ4v) is 2.89. The molecule has 0 saturated heterocycles. The fourth-order valence-electron chi connectivity index (χ4n) is 2.89. The van der Waals surface area contributed by atoms with Crippen LogP contribution in [0.2, 0.25) is 0 Å². The number of halogens is 1. The Bertz CT molecular complexity index is 1120. The van der Waals surface area contributed by atoms with E-state index in [1.54, 1.807) is 30.6 Å². The summed E-state index contributed by atoms with van der Waals surface area (Å²) in [5.74, 6) is 0.827. The normalized spacial score (nSPS) is 10.8. The summed E-state index contributed by atoms with van der Waals surface area (Å²) in [6, 6.07) is 9.98. The van der Waals surface area contributed by atoms with Crippen molar-refractivity contribution >= 4 is 5.91 Å². The number of imidazole rings is 1. The molecule has 3 heterocycles. The van der Waals surface area contributed by atoms with Crippen LogP contribution in [0, 0.1) is 12.7 Å². The number of aromatic nitrogens is 5. The molecular weight excluding hydrogens is 359 g/mol. The van der Waals surface area contributed by atoms with Crippen molar-refractivity contribution in [3.8, 4) is 17.1 Å². The second-order valence-electron chi connectivity index (χ2n) is 6.19. The Kier molecular flexibility index (Phi) is 4.67. The topological polar surface area (TPSA) is 88.5 Å². The molecule has 8 heteroatoms. The molecule has 4 aromatic rings. The number of aromatic amines is 1. The number of nitrogens with one attached hydrogen (secondary N) is 2. The predicted octanol–water partition coefficient (Wildman–Crippen LogP) is 3.03. The lowest BCUT2D eigenvalue weighted by Gasteiger charge is -2.08. The van der Waals surface area contributed by atoms with Gasteiger partial charge in [-0.15, -0.1) is 0 Å². The van der Waals surface area contributed by atoms with Crippen molar-refractivity contribution in [1.29, 1.82) is 0 Å². The van der Waals surface area contributed by atoms with Gasteiger partial charge in [0, 0.05) is 30.7 Å². The molecule has 7 nitrogen and oxygen atoms in total. The molecule has 2 N–H and O–H groups in total. The molecule has 0 unspecified atom stereocenters. The molecule has 140 valence electrons. The molecule has 0 spiro atoms. The van der Waals surface area contributed by atoms with Crippen LogP contribution in [0.15, 0.2) is 61.2 Å².